The van der Waals surface area contributed by atoms with Crippen molar-refractivity contribution >= 4 is 28.7 Å². The van der Waals surface area contributed by atoms with Crippen molar-refractivity contribution in [3.05, 3.63) is 21.3 Å². The molecule has 2 nitrogen and oxygen atoms in total. The summed E-state index contributed by atoms with van der Waals surface area (Å²) in [4.78, 5) is 15.5. The number of carbonyl (C=O) groups is 1. The van der Waals surface area contributed by atoms with E-state index in [9.17, 15) is 4.79 Å². The van der Waals surface area contributed by atoms with Crippen LogP contribution in [0.15, 0.2) is 12.1 Å². The van der Waals surface area contributed by atoms with Gasteiger partial charge in [0, 0.05) is 6.04 Å². The van der Waals surface area contributed by atoms with E-state index in [1.54, 1.807) is 6.07 Å². The van der Waals surface area contributed by atoms with E-state index in [2.05, 4.69) is 18.9 Å². The van der Waals surface area contributed by atoms with Gasteiger partial charge in [0.05, 0.1) is 15.3 Å². The SMILES string of the molecule is CC1CCCCC1N(C)C(C)C(=O)c1ccc(Cl)s1. The van der Waals surface area contributed by atoms with Gasteiger partial charge in [-0.15, -0.1) is 11.3 Å². The van der Waals surface area contributed by atoms with Gasteiger partial charge in [-0.1, -0.05) is 31.4 Å². The number of Topliss-reactive ketones (excluding diaryl/α,β-unsaturated/α-hetero) is 1. The summed E-state index contributed by atoms with van der Waals surface area (Å²) in [5, 5.41) is 0. The minimum Gasteiger partial charge on any atom is -0.293 e. The minimum atomic E-state index is -0.0692. The lowest BCUT2D eigenvalue weighted by atomic mass is 9.84. The largest absolute Gasteiger partial charge is 0.293 e. The van der Waals surface area contributed by atoms with E-state index in [1.165, 1.54) is 37.0 Å². The monoisotopic (exact) mass is 299 g/mol. The summed E-state index contributed by atoms with van der Waals surface area (Å²) in [7, 11) is 2.09. The summed E-state index contributed by atoms with van der Waals surface area (Å²) in [5.41, 5.74) is 0. The number of hydrogen-bond acceptors (Lipinski definition) is 3. The molecule has 3 unspecified atom stereocenters. The molecule has 3 atom stereocenters. The van der Waals surface area contributed by atoms with Crippen molar-refractivity contribution < 1.29 is 4.79 Å². The van der Waals surface area contributed by atoms with Gasteiger partial charge in [0.15, 0.2) is 5.78 Å². The van der Waals surface area contributed by atoms with Crippen molar-refractivity contribution in [3.63, 3.8) is 0 Å². The van der Waals surface area contributed by atoms with Crippen molar-refractivity contribution in [2.75, 3.05) is 7.05 Å². The molecule has 0 spiro atoms. The highest BCUT2D eigenvalue weighted by Gasteiger charge is 2.31. The highest BCUT2D eigenvalue weighted by molar-refractivity contribution is 7.18. The fourth-order valence-corrected chi connectivity index (χ4v) is 4.09. The van der Waals surface area contributed by atoms with Crippen LogP contribution in [0.1, 0.15) is 49.2 Å². The van der Waals surface area contributed by atoms with Gasteiger partial charge in [-0.2, -0.15) is 0 Å². The van der Waals surface area contributed by atoms with Crippen molar-refractivity contribution in [3.8, 4) is 0 Å². The van der Waals surface area contributed by atoms with E-state index in [1.807, 2.05) is 13.0 Å². The number of rotatable bonds is 4. The Morgan fingerprint density at radius 2 is 2.11 bits per heavy atom. The van der Waals surface area contributed by atoms with Crippen LogP contribution in [-0.2, 0) is 0 Å². The van der Waals surface area contributed by atoms with Crippen molar-refractivity contribution in [2.45, 2.75) is 51.6 Å². The Labute approximate surface area is 124 Å². The van der Waals surface area contributed by atoms with E-state index in [0.717, 1.165) is 4.88 Å². The van der Waals surface area contributed by atoms with Gasteiger partial charge in [0.25, 0.3) is 0 Å². The third kappa shape index (κ3) is 3.39. The van der Waals surface area contributed by atoms with E-state index in [4.69, 9.17) is 11.6 Å². The lowest BCUT2D eigenvalue weighted by molar-refractivity contribution is 0.0695. The highest BCUT2D eigenvalue weighted by Crippen LogP contribution is 2.30. The van der Waals surface area contributed by atoms with E-state index in [-0.39, 0.29) is 11.8 Å². The standard InChI is InChI=1S/C15H22ClNOS/c1-10-6-4-5-7-12(10)17(3)11(2)15(18)13-8-9-14(16)19-13/h8-12H,4-7H2,1-3H3. The molecule has 2 rings (SSSR count). The number of halogens is 1. The molecule has 0 N–H and O–H groups in total. The van der Waals surface area contributed by atoms with E-state index in [0.29, 0.717) is 16.3 Å². The Hall–Kier alpha value is -0.380. The summed E-state index contributed by atoms with van der Waals surface area (Å²) in [6, 6.07) is 4.10. The van der Waals surface area contributed by atoms with Gasteiger partial charge in [-0.05, 0) is 44.9 Å². The Bertz CT molecular complexity index is 445. The first-order valence-electron chi connectivity index (χ1n) is 7.02. The summed E-state index contributed by atoms with van der Waals surface area (Å²) in [6.07, 6.45) is 5.10. The van der Waals surface area contributed by atoms with E-state index >= 15 is 0 Å². The lowest BCUT2D eigenvalue weighted by Gasteiger charge is -2.39. The summed E-state index contributed by atoms with van der Waals surface area (Å²) in [5.74, 6) is 0.873. The summed E-state index contributed by atoms with van der Waals surface area (Å²) in [6.45, 7) is 4.32. The molecule has 1 fully saturated rings. The van der Waals surface area contributed by atoms with Crippen LogP contribution in [0.3, 0.4) is 0 Å². The third-order valence-electron chi connectivity index (χ3n) is 4.40. The number of carbonyl (C=O) groups excluding carboxylic acids is 1. The molecule has 1 heterocycles. The zero-order valence-electron chi connectivity index (χ0n) is 11.9. The normalized spacial score (nSPS) is 25.5. The first-order chi connectivity index (χ1) is 9.00. The van der Waals surface area contributed by atoms with Crippen LogP contribution in [0.25, 0.3) is 0 Å². The van der Waals surface area contributed by atoms with Crippen LogP contribution in [0.4, 0.5) is 0 Å². The Morgan fingerprint density at radius 3 is 2.68 bits per heavy atom. The molecular formula is C15H22ClNOS. The zero-order valence-corrected chi connectivity index (χ0v) is 13.4. The number of thiophene rings is 1. The lowest BCUT2D eigenvalue weighted by Crippen LogP contribution is -2.46. The molecule has 106 valence electrons. The molecule has 4 heteroatoms. The second-order valence-corrected chi connectivity index (χ2v) is 7.35. The predicted octanol–water partition coefficient (Wildman–Crippen LogP) is 4.48. The first kappa shape index (κ1) is 15.0. The molecule has 0 saturated heterocycles. The fourth-order valence-electron chi connectivity index (χ4n) is 3.03. The molecule has 0 aliphatic heterocycles. The number of likely N-dealkylation sites (N-methyl/N-ethyl adjacent to an activating group) is 1. The van der Waals surface area contributed by atoms with Crippen LogP contribution < -0.4 is 0 Å². The minimum absolute atomic E-state index is 0.0692. The van der Waals surface area contributed by atoms with Crippen molar-refractivity contribution in [2.24, 2.45) is 5.92 Å². The van der Waals surface area contributed by atoms with Crippen molar-refractivity contribution in [1.82, 2.24) is 4.90 Å². The molecule has 0 radical (unpaired) electrons. The van der Waals surface area contributed by atoms with Crippen molar-refractivity contribution in [1.29, 1.82) is 0 Å². The van der Waals surface area contributed by atoms with Crippen LogP contribution in [0.2, 0.25) is 4.34 Å². The molecule has 1 aliphatic carbocycles. The average Bonchev–Trinajstić information content (AvgIpc) is 2.83. The average molecular weight is 300 g/mol. The zero-order chi connectivity index (χ0) is 14.0. The maximum Gasteiger partial charge on any atom is 0.189 e. The van der Waals surface area contributed by atoms with Crippen LogP contribution in [0.5, 0.6) is 0 Å². The third-order valence-corrected chi connectivity index (χ3v) is 5.64. The van der Waals surface area contributed by atoms with Gasteiger partial charge in [0.2, 0.25) is 0 Å². The second-order valence-electron chi connectivity index (χ2n) is 5.64. The second kappa shape index (κ2) is 6.38. The van der Waals surface area contributed by atoms with E-state index < -0.39 is 0 Å². The van der Waals surface area contributed by atoms with Gasteiger partial charge >= 0.3 is 0 Å². The molecule has 0 bridgehead atoms. The van der Waals surface area contributed by atoms with Gasteiger partial charge in [-0.25, -0.2) is 0 Å². The molecule has 1 saturated carbocycles. The maximum absolute atomic E-state index is 12.5. The smallest absolute Gasteiger partial charge is 0.189 e. The molecular weight excluding hydrogens is 278 g/mol. The highest BCUT2D eigenvalue weighted by atomic mass is 35.5. The van der Waals surface area contributed by atoms with Crippen LogP contribution in [0, 0.1) is 5.92 Å². The van der Waals surface area contributed by atoms with Gasteiger partial charge in [0.1, 0.15) is 0 Å². The van der Waals surface area contributed by atoms with Crippen LogP contribution in [-0.4, -0.2) is 29.8 Å². The maximum atomic E-state index is 12.5. The number of nitrogens with zero attached hydrogens (tertiary/aromatic N) is 1. The Morgan fingerprint density at radius 1 is 1.42 bits per heavy atom. The Kier molecular flexibility index (Phi) is 5.04. The molecule has 19 heavy (non-hydrogen) atoms. The van der Waals surface area contributed by atoms with Gasteiger partial charge < -0.3 is 0 Å². The molecule has 0 amide bonds. The number of hydrogen-bond donors (Lipinski definition) is 0. The topological polar surface area (TPSA) is 20.3 Å². The summed E-state index contributed by atoms with van der Waals surface area (Å²) < 4.78 is 0.684. The fraction of sp³-hybridized carbons (Fsp3) is 0.667. The van der Waals surface area contributed by atoms with Crippen LogP contribution >= 0.6 is 22.9 Å². The molecule has 1 aromatic rings. The summed E-state index contributed by atoms with van der Waals surface area (Å²) >= 11 is 7.29. The van der Waals surface area contributed by atoms with Gasteiger partial charge in [-0.3, -0.25) is 9.69 Å². The molecule has 1 aromatic heterocycles. The predicted molar refractivity (Wildman–Crippen MR) is 82.3 cm³/mol. The quantitative estimate of drug-likeness (QED) is 0.764. The Balaban J connectivity index is 2.05. The number of ketones is 1. The molecule has 0 aromatic carbocycles. The molecule has 1 aliphatic rings. The first-order valence-corrected chi connectivity index (χ1v) is 8.21.